The summed E-state index contributed by atoms with van der Waals surface area (Å²) in [5.41, 5.74) is 1.46. The van der Waals surface area contributed by atoms with Crippen LogP contribution in [0, 0.1) is 11.6 Å². The van der Waals surface area contributed by atoms with Gasteiger partial charge in [-0.1, -0.05) is 30.3 Å². The van der Waals surface area contributed by atoms with E-state index in [-0.39, 0.29) is 11.6 Å². The number of hydrogen-bond acceptors (Lipinski definition) is 3. The molecule has 0 radical (unpaired) electrons. The number of rotatable bonds is 6. The SMILES string of the molecule is CN=C(NCc1ccc(Oc2cccc(F)c2)nc1)NCc1ccccc1F. The molecule has 0 saturated carbocycles. The second-order valence-electron chi connectivity index (χ2n) is 5.93. The summed E-state index contributed by atoms with van der Waals surface area (Å²) in [6, 6.07) is 16.0. The number of halogens is 2. The van der Waals surface area contributed by atoms with Gasteiger partial charge in [0.2, 0.25) is 5.88 Å². The largest absolute Gasteiger partial charge is 0.439 e. The van der Waals surface area contributed by atoms with Crippen LogP contribution in [0.5, 0.6) is 11.6 Å². The topological polar surface area (TPSA) is 58.5 Å². The standard InChI is InChI=1S/C21H20F2N4O/c1-24-21(27-14-16-5-2-3-8-19(16)23)26-13-15-9-10-20(25-12-15)28-18-7-4-6-17(22)11-18/h2-12H,13-14H2,1H3,(H2,24,26,27). The van der Waals surface area contributed by atoms with Crippen LogP contribution in [0.1, 0.15) is 11.1 Å². The zero-order valence-electron chi connectivity index (χ0n) is 15.3. The number of benzene rings is 2. The summed E-state index contributed by atoms with van der Waals surface area (Å²) >= 11 is 0. The number of nitrogens with one attached hydrogen (secondary N) is 2. The Morgan fingerprint density at radius 1 is 1.00 bits per heavy atom. The maximum absolute atomic E-state index is 13.7. The fraction of sp³-hybridized carbons (Fsp3) is 0.143. The Hall–Kier alpha value is -3.48. The number of nitrogens with zero attached hydrogens (tertiary/aromatic N) is 2. The van der Waals surface area contributed by atoms with Gasteiger partial charge in [0.1, 0.15) is 17.4 Å². The van der Waals surface area contributed by atoms with Crippen LogP contribution in [0.4, 0.5) is 8.78 Å². The predicted octanol–water partition coefficient (Wildman–Crippen LogP) is 4.02. The van der Waals surface area contributed by atoms with E-state index in [1.807, 2.05) is 6.07 Å². The minimum absolute atomic E-state index is 0.261. The lowest BCUT2D eigenvalue weighted by Crippen LogP contribution is -2.36. The molecule has 28 heavy (non-hydrogen) atoms. The van der Waals surface area contributed by atoms with E-state index in [0.29, 0.717) is 36.2 Å². The van der Waals surface area contributed by atoms with Crippen LogP contribution >= 0.6 is 0 Å². The lowest BCUT2D eigenvalue weighted by Gasteiger charge is -2.12. The monoisotopic (exact) mass is 382 g/mol. The van der Waals surface area contributed by atoms with Gasteiger partial charge in [-0.25, -0.2) is 13.8 Å². The highest BCUT2D eigenvalue weighted by atomic mass is 19.1. The minimum atomic E-state index is -0.368. The molecule has 2 aromatic carbocycles. The predicted molar refractivity (Wildman–Crippen MR) is 104 cm³/mol. The summed E-state index contributed by atoms with van der Waals surface area (Å²) in [5, 5.41) is 6.20. The first-order chi connectivity index (χ1) is 13.6. The number of aliphatic imine (C=N–C) groups is 1. The van der Waals surface area contributed by atoms with E-state index < -0.39 is 0 Å². The summed E-state index contributed by atoms with van der Waals surface area (Å²) in [5.74, 6) is 0.673. The van der Waals surface area contributed by atoms with Gasteiger partial charge in [0.15, 0.2) is 5.96 Å². The first-order valence-corrected chi connectivity index (χ1v) is 8.70. The van der Waals surface area contributed by atoms with Gasteiger partial charge >= 0.3 is 0 Å². The van der Waals surface area contributed by atoms with Crippen LogP contribution in [0.25, 0.3) is 0 Å². The van der Waals surface area contributed by atoms with Gasteiger partial charge in [-0.15, -0.1) is 0 Å². The van der Waals surface area contributed by atoms with Crippen LogP contribution in [0.2, 0.25) is 0 Å². The van der Waals surface area contributed by atoms with Crippen LogP contribution in [0.3, 0.4) is 0 Å². The molecule has 0 amide bonds. The van der Waals surface area contributed by atoms with Crippen molar-refractivity contribution < 1.29 is 13.5 Å². The third-order valence-electron chi connectivity index (χ3n) is 3.90. The summed E-state index contributed by atoms with van der Waals surface area (Å²) in [6.07, 6.45) is 1.66. The molecule has 2 N–H and O–H groups in total. The van der Waals surface area contributed by atoms with Gasteiger partial charge in [-0.05, 0) is 23.8 Å². The van der Waals surface area contributed by atoms with Gasteiger partial charge in [-0.3, -0.25) is 4.99 Å². The van der Waals surface area contributed by atoms with E-state index in [1.54, 1.807) is 49.6 Å². The molecule has 0 spiro atoms. The zero-order valence-corrected chi connectivity index (χ0v) is 15.3. The van der Waals surface area contributed by atoms with Crippen LogP contribution in [-0.4, -0.2) is 18.0 Å². The van der Waals surface area contributed by atoms with Gasteiger partial charge < -0.3 is 15.4 Å². The normalized spacial score (nSPS) is 11.2. The molecule has 0 aliphatic rings. The van der Waals surface area contributed by atoms with Crippen LogP contribution in [-0.2, 0) is 13.1 Å². The Kier molecular flexibility index (Phi) is 6.51. The lowest BCUT2D eigenvalue weighted by atomic mass is 10.2. The Balaban J connectivity index is 1.51. The van der Waals surface area contributed by atoms with Crippen LogP contribution in [0.15, 0.2) is 71.9 Å². The molecule has 0 aliphatic heterocycles. The van der Waals surface area contributed by atoms with Crippen molar-refractivity contribution in [2.24, 2.45) is 4.99 Å². The summed E-state index contributed by atoms with van der Waals surface area (Å²) in [7, 11) is 1.64. The molecule has 3 rings (SSSR count). The van der Waals surface area contributed by atoms with Crippen molar-refractivity contribution in [3.05, 3.63) is 89.6 Å². The summed E-state index contributed by atoms with van der Waals surface area (Å²) in [4.78, 5) is 8.34. The highest BCUT2D eigenvalue weighted by Crippen LogP contribution is 2.19. The van der Waals surface area contributed by atoms with Crippen LogP contribution < -0.4 is 15.4 Å². The first kappa shape index (κ1) is 19.3. The molecule has 0 fully saturated rings. The Morgan fingerprint density at radius 2 is 1.82 bits per heavy atom. The van der Waals surface area contributed by atoms with Crippen molar-refractivity contribution in [3.63, 3.8) is 0 Å². The van der Waals surface area contributed by atoms with E-state index in [0.717, 1.165) is 5.56 Å². The zero-order chi connectivity index (χ0) is 19.8. The van der Waals surface area contributed by atoms with E-state index >= 15 is 0 Å². The quantitative estimate of drug-likeness (QED) is 0.499. The highest BCUT2D eigenvalue weighted by Gasteiger charge is 2.04. The number of pyridine rings is 1. The maximum Gasteiger partial charge on any atom is 0.219 e. The molecule has 0 saturated heterocycles. The molecular weight excluding hydrogens is 362 g/mol. The smallest absolute Gasteiger partial charge is 0.219 e. The molecule has 0 bridgehead atoms. The molecule has 0 unspecified atom stereocenters. The van der Waals surface area contributed by atoms with E-state index in [9.17, 15) is 8.78 Å². The first-order valence-electron chi connectivity index (χ1n) is 8.70. The number of guanidine groups is 1. The molecule has 0 atom stereocenters. The average molecular weight is 382 g/mol. The Labute approximate surface area is 162 Å². The summed E-state index contributed by atoms with van der Waals surface area (Å²) < 4.78 is 32.4. The van der Waals surface area contributed by atoms with Crippen molar-refractivity contribution in [1.82, 2.24) is 15.6 Å². The Morgan fingerprint density at radius 3 is 2.54 bits per heavy atom. The van der Waals surface area contributed by atoms with Crippen molar-refractivity contribution in [2.45, 2.75) is 13.1 Å². The third kappa shape index (κ3) is 5.51. The maximum atomic E-state index is 13.7. The third-order valence-corrected chi connectivity index (χ3v) is 3.90. The Bertz CT molecular complexity index is 945. The van der Waals surface area contributed by atoms with Gasteiger partial charge in [0, 0.05) is 44.0 Å². The van der Waals surface area contributed by atoms with Crippen molar-refractivity contribution >= 4 is 5.96 Å². The van der Waals surface area contributed by atoms with Crippen molar-refractivity contribution in [2.75, 3.05) is 7.05 Å². The lowest BCUT2D eigenvalue weighted by molar-refractivity contribution is 0.457. The molecule has 0 aliphatic carbocycles. The second kappa shape index (κ2) is 9.45. The van der Waals surface area contributed by atoms with Gasteiger partial charge in [-0.2, -0.15) is 0 Å². The second-order valence-corrected chi connectivity index (χ2v) is 5.93. The van der Waals surface area contributed by atoms with Gasteiger partial charge in [0.25, 0.3) is 0 Å². The van der Waals surface area contributed by atoms with Crippen molar-refractivity contribution in [1.29, 1.82) is 0 Å². The highest BCUT2D eigenvalue weighted by molar-refractivity contribution is 5.79. The molecule has 5 nitrogen and oxygen atoms in total. The molecule has 7 heteroatoms. The molecule has 1 aromatic heterocycles. The summed E-state index contributed by atoms with van der Waals surface area (Å²) in [6.45, 7) is 0.801. The molecule has 1 heterocycles. The number of hydrogen-bond donors (Lipinski definition) is 2. The average Bonchev–Trinajstić information content (AvgIpc) is 2.70. The van der Waals surface area contributed by atoms with Gasteiger partial charge in [0.05, 0.1) is 0 Å². The van der Waals surface area contributed by atoms with E-state index in [4.69, 9.17) is 4.74 Å². The fourth-order valence-corrected chi connectivity index (χ4v) is 2.45. The van der Waals surface area contributed by atoms with E-state index in [2.05, 4.69) is 20.6 Å². The molecule has 144 valence electrons. The van der Waals surface area contributed by atoms with E-state index in [1.165, 1.54) is 18.2 Å². The number of ether oxygens (including phenoxy) is 1. The number of aromatic nitrogens is 1. The minimum Gasteiger partial charge on any atom is -0.439 e. The molecule has 3 aromatic rings. The molecular formula is C21H20F2N4O. The van der Waals surface area contributed by atoms with Crippen molar-refractivity contribution in [3.8, 4) is 11.6 Å². The fourth-order valence-electron chi connectivity index (χ4n) is 2.45.